The molecule has 0 spiro atoms. The molecule has 2 N–H and O–H groups in total. The molecule has 8 heteroatoms. The lowest BCUT2D eigenvalue weighted by molar-refractivity contribution is 0.136. The van der Waals surface area contributed by atoms with Gasteiger partial charge >= 0.3 is 0 Å². The van der Waals surface area contributed by atoms with Gasteiger partial charge in [0.05, 0.1) is 28.6 Å². The summed E-state index contributed by atoms with van der Waals surface area (Å²) in [6, 6.07) is 4.12. The van der Waals surface area contributed by atoms with Gasteiger partial charge in [-0.15, -0.1) is 0 Å². The van der Waals surface area contributed by atoms with Gasteiger partial charge in [0.2, 0.25) is 10.0 Å². The van der Waals surface area contributed by atoms with Crippen molar-refractivity contribution in [2.75, 3.05) is 27.2 Å². The van der Waals surface area contributed by atoms with Crippen molar-refractivity contribution in [3.8, 4) is 5.75 Å². The fourth-order valence-corrected chi connectivity index (χ4v) is 4.28. The fourth-order valence-electron chi connectivity index (χ4n) is 2.17. The minimum Gasteiger partial charge on any atom is -0.496 e. The van der Waals surface area contributed by atoms with Gasteiger partial charge in [-0.1, -0.05) is 0 Å². The van der Waals surface area contributed by atoms with Gasteiger partial charge in [0.25, 0.3) is 0 Å². The number of aliphatic hydroxyl groups is 1. The third kappa shape index (κ3) is 2.84. The third-order valence-corrected chi connectivity index (χ3v) is 5.92. The van der Waals surface area contributed by atoms with Crippen molar-refractivity contribution in [3.05, 3.63) is 22.7 Å². The Hall–Kier alpha value is -0.670. The van der Waals surface area contributed by atoms with Gasteiger partial charge in [0.15, 0.2) is 0 Å². The molecule has 0 aromatic heterocycles. The molecule has 0 aliphatic carbocycles. The highest BCUT2D eigenvalue weighted by molar-refractivity contribution is 9.10. The molecule has 2 rings (SSSR count). The van der Waals surface area contributed by atoms with Gasteiger partial charge in [-0.25, -0.2) is 8.42 Å². The highest BCUT2D eigenvalue weighted by Gasteiger charge is 2.35. The maximum atomic E-state index is 12.5. The lowest BCUT2D eigenvalue weighted by atomic mass is 10.2. The number of aliphatic hydroxyl groups excluding tert-OH is 1. The van der Waals surface area contributed by atoms with E-state index in [-0.39, 0.29) is 4.90 Å². The highest BCUT2D eigenvalue weighted by Crippen LogP contribution is 2.29. The Morgan fingerprint density at radius 2 is 2.15 bits per heavy atom. The van der Waals surface area contributed by atoms with E-state index in [2.05, 4.69) is 21.2 Å². The molecule has 2 atom stereocenters. The second kappa shape index (κ2) is 5.98. The van der Waals surface area contributed by atoms with Gasteiger partial charge in [-0.3, -0.25) is 0 Å². The Balaban J connectivity index is 2.32. The first-order valence-corrected chi connectivity index (χ1v) is 8.31. The second-order valence-electron chi connectivity index (χ2n) is 4.61. The van der Waals surface area contributed by atoms with Crippen LogP contribution in [0.15, 0.2) is 27.6 Å². The zero-order chi connectivity index (χ0) is 14.9. The summed E-state index contributed by atoms with van der Waals surface area (Å²) >= 11 is 3.27. The quantitative estimate of drug-likeness (QED) is 0.808. The lowest BCUT2D eigenvalue weighted by Crippen LogP contribution is -2.44. The predicted octanol–water partition coefficient (Wildman–Crippen LogP) is 0.411. The lowest BCUT2D eigenvalue weighted by Gasteiger charge is -2.25. The number of methoxy groups -OCH3 is 1. The first-order valence-electron chi connectivity index (χ1n) is 6.08. The first kappa shape index (κ1) is 15.7. The SMILES string of the molecule is COc1ccc(S(=O)(=O)N(C)[C@H]2CNC[C@@H]2O)cc1Br. The molecule has 1 saturated heterocycles. The number of nitrogens with zero attached hydrogens (tertiary/aromatic N) is 1. The average Bonchev–Trinajstić information content (AvgIpc) is 2.83. The van der Waals surface area contributed by atoms with E-state index in [1.54, 1.807) is 6.07 Å². The number of likely N-dealkylation sites (N-methyl/N-ethyl adjacent to an activating group) is 1. The number of hydrogen-bond donors (Lipinski definition) is 2. The number of nitrogens with one attached hydrogen (secondary N) is 1. The number of β-amino-alcohol motifs (C(OH)–C–C–N with tert-alkyl or cyclic N) is 1. The van der Waals surface area contributed by atoms with Gasteiger partial charge in [-0.2, -0.15) is 4.31 Å². The molecule has 1 heterocycles. The maximum Gasteiger partial charge on any atom is 0.243 e. The number of rotatable bonds is 4. The first-order chi connectivity index (χ1) is 9.37. The Kier molecular flexibility index (Phi) is 4.70. The van der Waals surface area contributed by atoms with E-state index in [9.17, 15) is 13.5 Å². The van der Waals surface area contributed by atoms with E-state index in [1.807, 2.05) is 0 Å². The summed E-state index contributed by atoms with van der Waals surface area (Å²) in [4.78, 5) is 0.159. The molecule has 0 saturated carbocycles. The normalized spacial score (nSPS) is 23.2. The van der Waals surface area contributed by atoms with Gasteiger partial charge in [0.1, 0.15) is 5.75 Å². The average molecular weight is 365 g/mol. The standard InChI is InChI=1S/C12H17BrN2O4S/c1-15(10-6-14-7-11(10)16)20(17,18)8-3-4-12(19-2)9(13)5-8/h3-5,10-11,14,16H,6-7H2,1-2H3/t10-,11-/m0/s1. The van der Waals surface area contributed by atoms with E-state index in [4.69, 9.17) is 4.74 Å². The summed E-state index contributed by atoms with van der Waals surface area (Å²) in [6.45, 7) is 0.838. The molecule has 112 valence electrons. The van der Waals surface area contributed by atoms with Crippen LogP contribution in [-0.4, -0.2) is 57.2 Å². The van der Waals surface area contributed by atoms with Crippen LogP contribution >= 0.6 is 15.9 Å². The summed E-state index contributed by atoms with van der Waals surface area (Å²) in [5.74, 6) is 0.564. The molecule has 1 aliphatic rings. The van der Waals surface area contributed by atoms with Crippen molar-refractivity contribution < 1.29 is 18.3 Å². The highest BCUT2D eigenvalue weighted by atomic mass is 79.9. The van der Waals surface area contributed by atoms with Crippen LogP contribution in [0.25, 0.3) is 0 Å². The van der Waals surface area contributed by atoms with Gasteiger partial charge in [0, 0.05) is 20.1 Å². The van der Waals surface area contributed by atoms with E-state index < -0.39 is 22.2 Å². The number of hydrogen-bond acceptors (Lipinski definition) is 5. The molecule has 0 bridgehead atoms. The Morgan fingerprint density at radius 3 is 2.65 bits per heavy atom. The van der Waals surface area contributed by atoms with Gasteiger partial charge < -0.3 is 15.2 Å². The maximum absolute atomic E-state index is 12.5. The van der Waals surface area contributed by atoms with Crippen LogP contribution in [0, 0.1) is 0 Å². The van der Waals surface area contributed by atoms with Crippen molar-refractivity contribution in [3.63, 3.8) is 0 Å². The van der Waals surface area contributed by atoms with Crippen LogP contribution in [0.1, 0.15) is 0 Å². The molecular weight excluding hydrogens is 348 g/mol. The van der Waals surface area contributed by atoms with Crippen molar-refractivity contribution in [2.45, 2.75) is 17.0 Å². The van der Waals surface area contributed by atoms with Gasteiger partial charge in [-0.05, 0) is 34.1 Å². The molecule has 1 aliphatic heterocycles. The second-order valence-corrected chi connectivity index (χ2v) is 7.46. The number of sulfonamides is 1. The van der Waals surface area contributed by atoms with Crippen molar-refractivity contribution >= 4 is 26.0 Å². The molecular formula is C12H17BrN2O4S. The molecule has 0 amide bonds. The van der Waals surface area contributed by atoms with Crippen LogP contribution in [0.2, 0.25) is 0 Å². The summed E-state index contributed by atoms with van der Waals surface area (Å²) in [5.41, 5.74) is 0. The van der Waals surface area contributed by atoms with Crippen LogP contribution in [0.4, 0.5) is 0 Å². The Morgan fingerprint density at radius 1 is 1.45 bits per heavy atom. The number of ether oxygens (including phenoxy) is 1. The third-order valence-electron chi connectivity index (χ3n) is 3.42. The predicted molar refractivity (Wildman–Crippen MR) is 78.3 cm³/mol. The summed E-state index contributed by atoms with van der Waals surface area (Å²) in [7, 11) is -0.660. The molecule has 0 unspecified atom stereocenters. The Bertz CT molecular complexity index is 593. The van der Waals surface area contributed by atoms with Crippen LogP contribution in [-0.2, 0) is 10.0 Å². The molecule has 0 radical (unpaired) electrons. The topological polar surface area (TPSA) is 78.9 Å². The van der Waals surface area contributed by atoms with Crippen LogP contribution < -0.4 is 10.1 Å². The fraction of sp³-hybridized carbons (Fsp3) is 0.500. The smallest absolute Gasteiger partial charge is 0.243 e. The van der Waals surface area contributed by atoms with E-state index in [0.717, 1.165) is 0 Å². The van der Waals surface area contributed by atoms with Crippen molar-refractivity contribution in [1.29, 1.82) is 0 Å². The monoisotopic (exact) mass is 364 g/mol. The summed E-state index contributed by atoms with van der Waals surface area (Å²) in [5, 5.41) is 12.8. The molecule has 1 fully saturated rings. The van der Waals surface area contributed by atoms with E-state index in [0.29, 0.717) is 23.3 Å². The van der Waals surface area contributed by atoms with Crippen LogP contribution in [0.5, 0.6) is 5.75 Å². The van der Waals surface area contributed by atoms with E-state index in [1.165, 1.54) is 30.6 Å². The largest absolute Gasteiger partial charge is 0.496 e. The molecule has 1 aromatic carbocycles. The van der Waals surface area contributed by atoms with Crippen molar-refractivity contribution in [1.82, 2.24) is 9.62 Å². The van der Waals surface area contributed by atoms with Crippen molar-refractivity contribution in [2.24, 2.45) is 0 Å². The number of benzene rings is 1. The summed E-state index contributed by atoms with van der Waals surface area (Å²) in [6.07, 6.45) is -0.698. The minimum atomic E-state index is -3.66. The molecule has 6 nitrogen and oxygen atoms in total. The number of halogens is 1. The zero-order valence-electron chi connectivity index (χ0n) is 11.2. The van der Waals surface area contributed by atoms with E-state index >= 15 is 0 Å². The molecule has 1 aromatic rings. The van der Waals surface area contributed by atoms with Crippen LogP contribution in [0.3, 0.4) is 0 Å². The zero-order valence-corrected chi connectivity index (χ0v) is 13.6. The Labute approximate surface area is 126 Å². The molecule has 20 heavy (non-hydrogen) atoms. The summed E-state index contributed by atoms with van der Waals surface area (Å²) < 4.78 is 32.0. The minimum absolute atomic E-state index is 0.159.